The molecule has 0 aromatic carbocycles. The quantitative estimate of drug-likeness (QED) is 0.902. The number of aromatic nitrogens is 1. The van der Waals surface area contributed by atoms with Crippen molar-refractivity contribution in [3.8, 4) is 0 Å². The van der Waals surface area contributed by atoms with Gasteiger partial charge in [-0.25, -0.2) is 8.42 Å². The summed E-state index contributed by atoms with van der Waals surface area (Å²) in [6.45, 7) is 2.79. The van der Waals surface area contributed by atoms with Crippen LogP contribution in [-0.2, 0) is 23.6 Å². The summed E-state index contributed by atoms with van der Waals surface area (Å²) in [5, 5.41) is 0. The van der Waals surface area contributed by atoms with Crippen molar-refractivity contribution < 1.29 is 8.42 Å². The molecule has 1 heterocycles. The van der Waals surface area contributed by atoms with E-state index in [-0.39, 0.29) is 6.04 Å². The molecule has 1 aromatic rings. The molecule has 0 spiro atoms. The molecule has 0 saturated heterocycles. The molecular formula is C14H25N3O2S. The van der Waals surface area contributed by atoms with Crippen LogP contribution < -0.4 is 5.73 Å². The van der Waals surface area contributed by atoms with Crippen molar-refractivity contribution in [3.63, 3.8) is 0 Å². The first-order valence-electron chi connectivity index (χ1n) is 7.37. The number of sulfonamides is 1. The van der Waals surface area contributed by atoms with E-state index >= 15 is 0 Å². The molecule has 2 N–H and O–H groups in total. The second-order valence-electron chi connectivity index (χ2n) is 5.48. The van der Waals surface area contributed by atoms with Crippen LogP contribution in [0.25, 0.3) is 0 Å². The molecule has 2 rings (SSSR count). The van der Waals surface area contributed by atoms with Crippen molar-refractivity contribution in [2.24, 2.45) is 12.8 Å². The van der Waals surface area contributed by atoms with Gasteiger partial charge in [-0.15, -0.1) is 0 Å². The Morgan fingerprint density at radius 1 is 1.35 bits per heavy atom. The van der Waals surface area contributed by atoms with E-state index in [4.69, 9.17) is 5.73 Å². The maximum Gasteiger partial charge on any atom is 0.244 e. The molecule has 1 saturated carbocycles. The van der Waals surface area contributed by atoms with Crippen LogP contribution in [0.2, 0.25) is 0 Å². The molecule has 0 radical (unpaired) electrons. The lowest BCUT2D eigenvalue weighted by atomic mass is 9.95. The molecule has 5 nitrogen and oxygen atoms in total. The molecular weight excluding hydrogens is 274 g/mol. The Morgan fingerprint density at radius 3 is 2.50 bits per heavy atom. The molecule has 1 aliphatic carbocycles. The second-order valence-corrected chi connectivity index (χ2v) is 7.37. The third-order valence-corrected chi connectivity index (χ3v) is 6.18. The summed E-state index contributed by atoms with van der Waals surface area (Å²) in [5.41, 5.74) is 6.47. The number of rotatable bonds is 5. The average molecular weight is 299 g/mol. The highest BCUT2D eigenvalue weighted by molar-refractivity contribution is 7.89. The van der Waals surface area contributed by atoms with Crippen molar-refractivity contribution in [2.75, 3.05) is 6.54 Å². The SMILES string of the molecule is CCN(C1CCCCC1)S(=O)(=O)c1cc(CN)n(C)c1. The lowest BCUT2D eigenvalue weighted by molar-refractivity contribution is 0.261. The fourth-order valence-corrected chi connectivity index (χ4v) is 4.84. The monoisotopic (exact) mass is 299 g/mol. The van der Waals surface area contributed by atoms with Crippen molar-refractivity contribution in [3.05, 3.63) is 18.0 Å². The molecule has 1 fully saturated rings. The largest absolute Gasteiger partial charge is 0.352 e. The van der Waals surface area contributed by atoms with Gasteiger partial charge >= 0.3 is 0 Å². The lowest BCUT2D eigenvalue weighted by Gasteiger charge is -2.32. The fourth-order valence-electron chi connectivity index (χ4n) is 3.05. The van der Waals surface area contributed by atoms with Crippen LogP contribution in [0.4, 0.5) is 0 Å². The third-order valence-electron chi connectivity index (χ3n) is 4.19. The lowest BCUT2D eigenvalue weighted by Crippen LogP contribution is -2.41. The van der Waals surface area contributed by atoms with Gasteiger partial charge < -0.3 is 10.3 Å². The summed E-state index contributed by atoms with van der Waals surface area (Å²) in [5.74, 6) is 0. The Labute approximate surface area is 121 Å². The van der Waals surface area contributed by atoms with Gasteiger partial charge in [-0.1, -0.05) is 26.2 Å². The number of hydrogen-bond acceptors (Lipinski definition) is 3. The predicted octanol–water partition coefficient (Wildman–Crippen LogP) is 1.83. The normalized spacial score (nSPS) is 17.8. The molecule has 0 atom stereocenters. The standard InChI is InChI=1S/C14H25N3O2S/c1-3-17(12-7-5-4-6-8-12)20(18,19)14-9-13(10-15)16(2)11-14/h9,11-12H,3-8,10,15H2,1-2H3. The van der Waals surface area contributed by atoms with Crippen LogP contribution in [0, 0.1) is 0 Å². The van der Waals surface area contributed by atoms with Crippen LogP contribution in [0.5, 0.6) is 0 Å². The number of hydrogen-bond donors (Lipinski definition) is 1. The van der Waals surface area contributed by atoms with E-state index in [1.807, 2.05) is 14.0 Å². The fraction of sp³-hybridized carbons (Fsp3) is 0.714. The van der Waals surface area contributed by atoms with Gasteiger partial charge in [-0.05, 0) is 18.9 Å². The minimum absolute atomic E-state index is 0.153. The van der Waals surface area contributed by atoms with Crippen LogP contribution >= 0.6 is 0 Å². The predicted molar refractivity (Wildman–Crippen MR) is 79.7 cm³/mol. The van der Waals surface area contributed by atoms with Gasteiger partial charge in [0, 0.05) is 38.1 Å². The molecule has 1 aromatic heterocycles. The number of nitrogens with zero attached hydrogens (tertiary/aromatic N) is 2. The molecule has 0 amide bonds. The van der Waals surface area contributed by atoms with Gasteiger partial charge in [0.25, 0.3) is 0 Å². The Morgan fingerprint density at radius 2 is 2.00 bits per heavy atom. The van der Waals surface area contributed by atoms with Gasteiger partial charge in [-0.2, -0.15) is 4.31 Å². The highest BCUT2D eigenvalue weighted by atomic mass is 32.2. The van der Waals surface area contributed by atoms with E-state index in [1.54, 1.807) is 21.1 Å². The Balaban J connectivity index is 2.30. The first kappa shape index (κ1) is 15.5. The molecule has 0 bridgehead atoms. The summed E-state index contributed by atoms with van der Waals surface area (Å²) in [6.07, 6.45) is 7.09. The van der Waals surface area contributed by atoms with Crippen LogP contribution in [0.15, 0.2) is 17.2 Å². The van der Waals surface area contributed by atoms with Crippen molar-refractivity contribution in [2.45, 2.75) is 56.5 Å². The van der Waals surface area contributed by atoms with E-state index in [0.717, 1.165) is 31.4 Å². The van der Waals surface area contributed by atoms with Crippen molar-refractivity contribution >= 4 is 10.0 Å². The van der Waals surface area contributed by atoms with E-state index < -0.39 is 10.0 Å². The molecule has 114 valence electrons. The van der Waals surface area contributed by atoms with Crippen LogP contribution in [0.1, 0.15) is 44.7 Å². The van der Waals surface area contributed by atoms with Gasteiger partial charge in [0.2, 0.25) is 10.0 Å². The molecule has 0 unspecified atom stereocenters. The van der Waals surface area contributed by atoms with Crippen molar-refractivity contribution in [1.29, 1.82) is 0 Å². The maximum atomic E-state index is 12.8. The number of aryl methyl sites for hydroxylation is 1. The van der Waals surface area contributed by atoms with Crippen molar-refractivity contribution in [1.82, 2.24) is 8.87 Å². The Kier molecular flexibility index (Phi) is 4.88. The van der Waals surface area contributed by atoms with Gasteiger partial charge in [0.15, 0.2) is 0 Å². The van der Waals surface area contributed by atoms with Crippen LogP contribution in [-0.4, -0.2) is 29.9 Å². The number of nitrogens with two attached hydrogens (primary N) is 1. The first-order chi connectivity index (χ1) is 9.50. The molecule has 6 heteroatoms. The van der Waals surface area contributed by atoms with Crippen LogP contribution in [0.3, 0.4) is 0 Å². The minimum atomic E-state index is -3.41. The van der Waals surface area contributed by atoms with Gasteiger partial charge in [0.1, 0.15) is 4.90 Å². The first-order valence-corrected chi connectivity index (χ1v) is 8.81. The minimum Gasteiger partial charge on any atom is -0.352 e. The van der Waals surface area contributed by atoms with E-state index in [1.165, 1.54) is 6.42 Å². The zero-order valence-electron chi connectivity index (χ0n) is 12.4. The summed E-state index contributed by atoms with van der Waals surface area (Å²) in [6, 6.07) is 1.85. The zero-order chi connectivity index (χ0) is 14.8. The highest BCUT2D eigenvalue weighted by Gasteiger charge is 2.31. The van der Waals surface area contributed by atoms with E-state index in [0.29, 0.717) is 18.0 Å². The second kappa shape index (κ2) is 6.28. The topological polar surface area (TPSA) is 68.3 Å². The van der Waals surface area contributed by atoms with E-state index in [2.05, 4.69) is 0 Å². The maximum absolute atomic E-state index is 12.8. The summed E-state index contributed by atoms with van der Waals surface area (Å²) in [4.78, 5) is 0.368. The van der Waals surface area contributed by atoms with Gasteiger partial charge in [0.05, 0.1) is 0 Å². The molecule has 20 heavy (non-hydrogen) atoms. The van der Waals surface area contributed by atoms with E-state index in [9.17, 15) is 8.42 Å². The Hall–Kier alpha value is -0.850. The summed E-state index contributed by atoms with van der Waals surface area (Å²) >= 11 is 0. The van der Waals surface area contributed by atoms with Gasteiger partial charge in [-0.3, -0.25) is 0 Å². The molecule has 1 aliphatic rings. The summed E-state index contributed by atoms with van der Waals surface area (Å²) < 4.78 is 29.1. The third kappa shape index (κ3) is 2.92. The summed E-state index contributed by atoms with van der Waals surface area (Å²) in [7, 11) is -1.57. The molecule has 0 aliphatic heterocycles. The average Bonchev–Trinajstić information content (AvgIpc) is 2.82. The highest BCUT2D eigenvalue weighted by Crippen LogP contribution is 2.28. The smallest absolute Gasteiger partial charge is 0.244 e. The zero-order valence-corrected chi connectivity index (χ0v) is 13.2. The Bertz CT molecular complexity index is 545.